The highest BCUT2D eigenvalue weighted by molar-refractivity contribution is 6.75. The first kappa shape index (κ1) is 26.7. The Hall–Kier alpha value is -2.91. The van der Waals surface area contributed by atoms with Gasteiger partial charge in [-0.1, -0.05) is 24.3 Å². The molecule has 2 aromatic rings. The van der Waals surface area contributed by atoms with E-state index in [2.05, 4.69) is 18.7 Å². The minimum atomic E-state index is -3.01. The van der Waals surface area contributed by atoms with Gasteiger partial charge in [-0.05, 0) is 58.9 Å². The topological polar surface area (TPSA) is 77.5 Å². The maximum absolute atomic E-state index is 12.5. The smallest absolute Gasteiger partial charge is 0.507 e. The molecule has 0 aromatic heterocycles. The fraction of sp³-hybridized carbons (Fsp3) is 0.370. The van der Waals surface area contributed by atoms with Crippen LogP contribution in [0.15, 0.2) is 54.1 Å². The van der Waals surface area contributed by atoms with E-state index in [4.69, 9.17) is 18.0 Å². The molecule has 7 nitrogen and oxygen atoms in total. The van der Waals surface area contributed by atoms with Crippen LogP contribution in [0, 0.1) is 0 Å². The summed E-state index contributed by atoms with van der Waals surface area (Å²) in [6.07, 6.45) is 3.33. The average molecular weight is 498 g/mol. The van der Waals surface area contributed by atoms with Crippen molar-refractivity contribution in [1.82, 2.24) is 0 Å². The number of rotatable bonds is 12. The average Bonchev–Trinajstić information content (AvgIpc) is 3.22. The molecule has 0 aliphatic carbocycles. The van der Waals surface area contributed by atoms with Crippen LogP contribution in [-0.2, 0) is 22.8 Å². The molecule has 0 unspecified atom stereocenters. The summed E-state index contributed by atoms with van der Waals surface area (Å²) < 4.78 is 23.4. The fourth-order valence-corrected chi connectivity index (χ4v) is 6.49. The van der Waals surface area contributed by atoms with Gasteiger partial charge in [0.05, 0.1) is 5.57 Å². The van der Waals surface area contributed by atoms with E-state index >= 15 is 0 Å². The number of ether oxygens (including phenoxy) is 1. The Balaban J connectivity index is 1.86. The van der Waals surface area contributed by atoms with Crippen LogP contribution in [-0.4, -0.2) is 52.8 Å². The molecule has 1 aliphatic rings. The number of hydrogen-bond acceptors (Lipinski definition) is 7. The molecule has 0 fully saturated rings. The molecule has 35 heavy (non-hydrogen) atoms. The van der Waals surface area contributed by atoms with Crippen LogP contribution in [0.1, 0.15) is 45.7 Å². The van der Waals surface area contributed by atoms with Gasteiger partial charge < -0.3 is 28.0 Å². The molecule has 0 radical (unpaired) electrons. The second-order valence-electron chi connectivity index (χ2n) is 7.85. The first-order valence-corrected chi connectivity index (χ1v) is 13.9. The molecule has 1 heterocycles. The number of nitrogens with zero attached hydrogens (tertiary/aromatic N) is 1. The Bertz CT molecular complexity index is 1060. The summed E-state index contributed by atoms with van der Waals surface area (Å²) in [6, 6.07) is 13.0. The monoisotopic (exact) mass is 497 g/mol. The molecule has 0 atom stereocenters. The van der Waals surface area contributed by atoms with Gasteiger partial charge in [-0.25, -0.2) is 4.79 Å². The van der Waals surface area contributed by atoms with Crippen molar-refractivity contribution in [3.63, 3.8) is 0 Å². The van der Waals surface area contributed by atoms with E-state index in [0.29, 0.717) is 36.7 Å². The van der Waals surface area contributed by atoms with Crippen molar-refractivity contribution in [2.75, 3.05) is 37.8 Å². The number of phenolic OH excluding ortho intramolecular Hbond substituents is 1. The van der Waals surface area contributed by atoms with Crippen LogP contribution in [0.2, 0.25) is 0 Å². The number of carbonyl (C=O) groups is 1. The Morgan fingerprint density at radius 3 is 2.03 bits per heavy atom. The first-order valence-electron chi connectivity index (χ1n) is 12.2. The maximum atomic E-state index is 12.5. The van der Waals surface area contributed by atoms with Crippen molar-refractivity contribution in [1.29, 1.82) is 0 Å². The molecule has 188 valence electrons. The summed E-state index contributed by atoms with van der Waals surface area (Å²) in [7, 11) is -3.01. The minimum absolute atomic E-state index is 0.116. The number of anilines is 1. The largest absolute Gasteiger partial charge is 0.537 e. The highest BCUT2D eigenvalue weighted by Gasteiger charge is 2.43. The summed E-state index contributed by atoms with van der Waals surface area (Å²) in [5.74, 6) is 0.103. The second kappa shape index (κ2) is 12.2. The van der Waals surface area contributed by atoms with Gasteiger partial charge in [-0.3, -0.25) is 0 Å². The number of benzene rings is 2. The Kier molecular flexibility index (Phi) is 9.28. The van der Waals surface area contributed by atoms with Gasteiger partial charge in [0, 0.05) is 61.0 Å². The summed E-state index contributed by atoms with van der Waals surface area (Å²) in [4.78, 5) is 14.7. The SMILES string of the molecule is CCO[Si](OCC)(OCC)c1ccc(C2=C/C(=C/c3ccc(N(CC)CC)cc3O)C(=O)O2)cc1. The molecule has 1 aliphatic heterocycles. The number of phenols is 1. The van der Waals surface area contributed by atoms with Crippen molar-refractivity contribution in [2.24, 2.45) is 0 Å². The van der Waals surface area contributed by atoms with Crippen molar-refractivity contribution in [3.05, 3.63) is 65.2 Å². The summed E-state index contributed by atoms with van der Waals surface area (Å²) in [6.45, 7) is 13.0. The van der Waals surface area contributed by atoms with E-state index in [1.165, 1.54) is 0 Å². The molecule has 0 amide bonds. The fourth-order valence-electron chi connectivity index (χ4n) is 4.02. The van der Waals surface area contributed by atoms with E-state index < -0.39 is 14.8 Å². The predicted octanol–water partition coefficient (Wildman–Crippen LogP) is 4.48. The number of hydrogen-bond donors (Lipinski definition) is 1. The lowest BCUT2D eigenvalue weighted by Gasteiger charge is -2.28. The molecule has 3 rings (SSSR count). The van der Waals surface area contributed by atoms with Crippen LogP contribution in [0.3, 0.4) is 0 Å². The number of aromatic hydroxyl groups is 1. The molecule has 2 aromatic carbocycles. The zero-order chi connectivity index (χ0) is 25.4. The standard InChI is InChI=1S/C27H35NO6Si/c1-6-28(7-2)23-14-11-21(25(29)19-23)17-22-18-26(34-27(22)30)20-12-15-24(16-13-20)35(31-8-3,32-9-4)33-10-5/h11-19,29H,6-10H2,1-5H3/b22-17-. The van der Waals surface area contributed by atoms with Gasteiger partial charge in [-0.15, -0.1) is 0 Å². The normalized spacial score (nSPS) is 14.8. The summed E-state index contributed by atoms with van der Waals surface area (Å²) >= 11 is 0. The van der Waals surface area contributed by atoms with Crippen LogP contribution >= 0.6 is 0 Å². The van der Waals surface area contributed by atoms with Gasteiger partial charge >= 0.3 is 14.8 Å². The van der Waals surface area contributed by atoms with E-state index in [9.17, 15) is 9.90 Å². The third-order valence-electron chi connectivity index (χ3n) is 5.70. The summed E-state index contributed by atoms with van der Waals surface area (Å²) in [5, 5.41) is 11.4. The lowest BCUT2D eigenvalue weighted by molar-refractivity contribution is -0.130. The van der Waals surface area contributed by atoms with E-state index in [1.54, 1.807) is 18.2 Å². The third-order valence-corrected chi connectivity index (χ3v) is 8.75. The minimum Gasteiger partial charge on any atom is -0.507 e. The molecule has 1 N–H and O–H groups in total. The second-order valence-corrected chi connectivity index (χ2v) is 10.4. The van der Waals surface area contributed by atoms with Crippen LogP contribution in [0.5, 0.6) is 5.75 Å². The highest BCUT2D eigenvalue weighted by atomic mass is 28.4. The molecule has 0 spiro atoms. The highest BCUT2D eigenvalue weighted by Crippen LogP contribution is 2.31. The molecule has 0 bridgehead atoms. The van der Waals surface area contributed by atoms with Gasteiger partial charge in [0.2, 0.25) is 0 Å². The van der Waals surface area contributed by atoms with Crippen molar-refractivity contribution >= 4 is 37.5 Å². The Morgan fingerprint density at radius 2 is 1.51 bits per heavy atom. The van der Waals surface area contributed by atoms with E-state index in [0.717, 1.165) is 29.5 Å². The lowest BCUT2D eigenvalue weighted by Crippen LogP contribution is -2.56. The van der Waals surface area contributed by atoms with Gasteiger partial charge in [0.25, 0.3) is 0 Å². The quantitative estimate of drug-likeness (QED) is 0.263. The third kappa shape index (κ3) is 6.02. The van der Waals surface area contributed by atoms with Gasteiger partial charge in [0.1, 0.15) is 11.5 Å². The molecular formula is C27H35NO6Si. The van der Waals surface area contributed by atoms with Gasteiger partial charge in [-0.2, -0.15) is 0 Å². The lowest BCUT2D eigenvalue weighted by atomic mass is 10.1. The number of cyclic esters (lactones) is 1. The number of carbonyl (C=O) groups excluding carboxylic acids is 1. The molecule has 0 saturated heterocycles. The van der Waals surface area contributed by atoms with Crippen LogP contribution < -0.4 is 10.1 Å². The molecule has 0 saturated carbocycles. The number of esters is 1. The predicted molar refractivity (Wildman–Crippen MR) is 140 cm³/mol. The summed E-state index contributed by atoms with van der Waals surface area (Å²) in [5.41, 5.74) is 2.61. The first-order chi connectivity index (χ1) is 16.9. The van der Waals surface area contributed by atoms with Gasteiger partial charge in [0.15, 0.2) is 0 Å². The van der Waals surface area contributed by atoms with E-state index in [-0.39, 0.29) is 5.75 Å². The Morgan fingerprint density at radius 1 is 0.914 bits per heavy atom. The maximum Gasteiger partial charge on any atom is 0.537 e. The van der Waals surface area contributed by atoms with E-state index in [1.807, 2.05) is 57.2 Å². The Labute approximate surface area is 208 Å². The van der Waals surface area contributed by atoms with Crippen LogP contribution in [0.4, 0.5) is 5.69 Å². The van der Waals surface area contributed by atoms with Crippen molar-refractivity contribution < 1.29 is 27.9 Å². The van der Waals surface area contributed by atoms with Crippen molar-refractivity contribution in [2.45, 2.75) is 34.6 Å². The molecule has 8 heteroatoms. The molecular weight excluding hydrogens is 462 g/mol. The zero-order valence-electron chi connectivity index (χ0n) is 21.2. The van der Waals surface area contributed by atoms with Crippen LogP contribution in [0.25, 0.3) is 11.8 Å². The zero-order valence-corrected chi connectivity index (χ0v) is 22.2. The van der Waals surface area contributed by atoms with Crippen molar-refractivity contribution in [3.8, 4) is 5.75 Å².